The van der Waals surface area contributed by atoms with E-state index in [0.717, 1.165) is 25.8 Å². The Kier molecular flexibility index (Phi) is 6.06. The quantitative estimate of drug-likeness (QED) is 0.783. The van der Waals surface area contributed by atoms with Crippen LogP contribution in [0.4, 0.5) is 0 Å². The summed E-state index contributed by atoms with van der Waals surface area (Å²) in [5.41, 5.74) is 0. The van der Waals surface area contributed by atoms with Crippen LogP contribution in [0.2, 0.25) is 0 Å². The highest BCUT2D eigenvalue weighted by Crippen LogP contribution is 2.23. The SMILES string of the molecule is CCCC1NC(C(C)CC)C(=O)N1CC(C)N1CCCC1. The average molecular weight is 295 g/mol. The molecule has 4 atom stereocenters. The second kappa shape index (κ2) is 7.59. The third kappa shape index (κ3) is 3.78. The maximum Gasteiger partial charge on any atom is 0.241 e. The molecule has 21 heavy (non-hydrogen) atoms. The summed E-state index contributed by atoms with van der Waals surface area (Å²) in [5, 5.41) is 3.60. The van der Waals surface area contributed by atoms with Gasteiger partial charge in [-0.3, -0.25) is 15.0 Å². The highest BCUT2D eigenvalue weighted by Gasteiger charge is 2.41. The first kappa shape index (κ1) is 16.8. The minimum absolute atomic E-state index is 0.0253. The van der Waals surface area contributed by atoms with Crippen molar-refractivity contribution >= 4 is 5.91 Å². The van der Waals surface area contributed by atoms with Gasteiger partial charge in [0.15, 0.2) is 0 Å². The van der Waals surface area contributed by atoms with Crippen molar-refractivity contribution in [3.63, 3.8) is 0 Å². The molecule has 4 heteroatoms. The molecule has 1 N–H and O–H groups in total. The zero-order valence-electron chi connectivity index (χ0n) is 14.3. The molecule has 0 spiro atoms. The Balaban J connectivity index is 2.01. The van der Waals surface area contributed by atoms with Gasteiger partial charge in [-0.05, 0) is 45.2 Å². The number of hydrogen-bond donors (Lipinski definition) is 1. The molecule has 0 aromatic heterocycles. The zero-order chi connectivity index (χ0) is 15.4. The largest absolute Gasteiger partial charge is 0.324 e. The van der Waals surface area contributed by atoms with Crippen molar-refractivity contribution in [2.24, 2.45) is 5.92 Å². The molecule has 0 radical (unpaired) electrons. The van der Waals surface area contributed by atoms with Gasteiger partial charge in [-0.25, -0.2) is 0 Å². The summed E-state index contributed by atoms with van der Waals surface area (Å²) in [5.74, 6) is 0.748. The summed E-state index contributed by atoms with van der Waals surface area (Å²) in [4.78, 5) is 17.4. The predicted octanol–water partition coefficient (Wildman–Crippen LogP) is 2.44. The standard InChI is InChI=1S/C17H33N3O/c1-5-9-15-18-16(13(3)6-2)17(21)20(15)12-14(4)19-10-7-8-11-19/h13-16,18H,5-12H2,1-4H3. The predicted molar refractivity (Wildman–Crippen MR) is 87.1 cm³/mol. The number of nitrogens with zero attached hydrogens (tertiary/aromatic N) is 2. The van der Waals surface area contributed by atoms with E-state index in [4.69, 9.17) is 0 Å². The molecule has 2 rings (SSSR count). The summed E-state index contributed by atoms with van der Waals surface area (Å²) in [7, 11) is 0. The fourth-order valence-corrected chi connectivity index (χ4v) is 3.66. The van der Waals surface area contributed by atoms with Gasteiger partial charge in [0.2, 0.25) is 5.91 Å². The second-order valence-corrected chi connectivity index (χ2v) is 6.92. The van der Waals surface area contributed by atoms with Crippen LogP contribution in [0.3, 0.4) is 0 Å². The number of carbonyl (C=O) groups excluding carboxylic acids is 1. The van der Waals surface area contributed by atoms with Crippen LogP contribution in [0.25, 0.3) is 0 Å². The molecule has 122 valence electrons. The lowest BCUT2D eigenvalue weighted by Crippen LogP contribution is -2.46. The van der Waals surface area contributed by atoms with Crippen LogP contribution >= 0.6 is 0 Å². The van der Waals surface area contributed by atoms with Crippen LogP contribution in [-0.2, 0) is 4.79 Å². The topological polar surface area (TPSA) is 35.6 Å². The Morgan fingerprint density at radius 1 is 1.24 bits per heavy atom. The zero-order valence-corrected chi connectivity index (χ0v) is 14.3. The van der Waals surface area contributed by atoms with Gasteiger partial charge in [0.1, 0.15) is 0 Å². The third-order valence-corrected chi connectivity index (χ3v) is 5.30. The van der Waals surface area contributed by atoms with Crippen LogP contribution in [0, 0.1) is 5.92 Å². The fraction of sp³-hybridized carbons (Fsp3) is 0.941. The Hall–Kier alpha value is -0.610. The number of amides is 1. The molecule has 0 saturated carbocycles. The van der Waals surface area contributed by atoms with Crippen molar-refractivity contribution in [1.82, 2.24) is 15.1 Å². The molecule has 0 bridgehead atoms. The minimum Gasteiger partial charge on any atom is -0.324 e. The lowest BCUT2D eigenvalue weighted by atomic mass is 9.99. The lowest BCUT2D eigenvalue weighted by Gasteiger charge is -2.31. The van der Waals surface area contributed by atoms with Crippen molar-refractivity contribution in [2.45, 2.75) is 78.0 Å². The molecule has 4 unspecified atom stereocenters. The van der Waals surface area contributed by atoms with E-state index in [1.165, 1.54) is 25.9 Å². The van der Waals surface area contributed by atoms with Crippen LogP contribution in [0.1, 0.15) is 59.8 Å². The summed E-state index contributed by atoms with van der Waals surface area (Å²) in [6.45, 7) is 12.1. The molecule has 2 aliphatic rings. The van der Waals surface area contributed by atoms with E-state index in [2.05, 4.69) is 42.8 Å². The van der Waals surface area contributed by atoms with Crippen LogP contribution in [0.15, 0.2) is 0 Å². The average Bonchev–Trinajstić information content (AvgIpc) is 3.10. The number of rotatable bonds is 7. The van der Waals surface area contributed by atoms with Crippen molar-refractivity contribution in [1.29, 1.82) is 0 Å². The lowest BCUT2D eigenvalue weighted by molar-refractivity contribution is -0.131. The molecule has 2 aliphatic heterocycles. The van der Waals surface area contributed by atoms with Gasteiger partial charge in [0, 0.05) is 12.6 Å². The van der Waals surface area contributed by atoms with E-state index in [9.17, 15) is 4.79 Å². The summed E-state index contributed by atoms with van der Waals surface area (Å²) in [6.07, 6.45) is 6.09. The molecule has 2 saturated heterocycles. The first-order chi connectivity index (χ1) is 10.1. The number of nitrogens with one attached hydrogen (secondary N) is 1. The fourth-order valence-electron chi connectivity index (χ4n) is 3.66. The minimum atomic E-state index is 0.0253. The van der Waals surface area contributed by atoms with Crippen molar-refractivity contribution in [3.05, 3.63) is 0 Å². The first-order valence-corrected chi connectivity index (χ1v) is 8.89. The van der Waals surface area contributed by atoms with E-state index in [1.807, 2.05) is 0 Å². The molecule has 2 fully saturated rings. The number of likely N-dealkylation sites (tertiary alicyclic amines) is 1. The Labute approximate surface area is 130 Å². The van der Waals surface area contributed by atoms with Crippen LogP contribution in [-0.4, -0.2) is 53.6 Å². The van der Waals surface area contributed by atoms with Crippen LogP contribution < -0.4 is 5.32 Å². The monoisotopic (exact) mass is 295 g/mol. The molecular formula is C17H33N3O. The number of carbonyl (C=O) groups is 1. The first-order valence-electron chi connectivity index (χ1n) is 8.89. The highest BCUT2D eigenvalue weighted by molar-refractivity contribution is 5.84. The molecular weight excluding hydrogens is 262 g/mol. The van der Waals surface area contributed by atoms with Gasteiger partial charge in [0.25, 0.3) is 0 Å². The van der Waals surface area contributed by atoms with Gasteiger partial charge < -0.3 is 4.90 Å². The maximum atomic E-state index is 12.8. The summed E-state index contributed by atoms with van der Waals surface area (Å²) < 4.78 is 0. The number of hydrogen-bond acceptors (Lipinski definition) is 3. The summed E-state index contributed by atoms with van der Waals surface area (Å²) in [6, 6.07) is 0.505. The molecule has 2 heterocycles. The van der Waals surface area contributed by atoms with Crippen molar-refractivity contribution in [2.75, 3.05) is 19.6 Å². The second-order valence-electron chi connectivity index (χ2n) is 6.92. The normalized spacial score (nSPS) is 30.1. The maximum absolute atomic E-state index is 12.8. The highest BCUT2D eigenvalue weighted by atomic mass is 16.2. The van der Waals surface area contributed by atoms with Gasteiger partial charge in [0.05, 0.1) is 12.2 Å². The van der Waals surface area contributed by atoms with E-state index in [-0.39, 0.29) is 12.2 Å². The molecule has 1 amide bonds. The smallest absolute Gasteiger partial charge is 0.241 e. The van der Waals surface area contributed by atoms with E-state index in [0.29, 0.717) is 17.9 Å². The van der Waals surface area contributed by atoms with Crippen LogP contribution in [0.5, 0.6) is 0 Å². The Morgan fingerprint density at radius 2 is 1.90 bits per heavy atom. The van der Waals surface area contributed by atoms with E-state index >= 15 is 0 Å². The van der Waals surface area contributed by atoms with E-state index in [1.54, 1.807) is 0 Å². The van der Waals surface area contributed by atoms with Crippen molar-refractivity contribution < 1.29 is 4.79 Å². The van der Waals surface area contributed by atoms with Gasteiger partial charge in [-0.15, -0.1) is 0 Å². The molecule has 0 aliphatic carbocycles. The molecule has 0 aromatic carbocycles. The molecule has 4 nitrogen and oxygen atoms in total. The van der Waals surface area contributed by atoms with Gasteiger partial charge >= 0.3 is 0 Å². The van der Waals surface area contributed by atoms with Crippen molar-refractivity contribution in [3.8, 4) is 0 Å². The Bertz CT molecular complexity index is 341. The van der Waals surface area contributed by atoms with Gasteiger partial charge in [-0.2, -0.15) is 0 Å². The molecule has 0 aromatic rings. The Morgan fingerprint density at radius 3 is 2.48 bits per heavy atom. The third-order valence-electron chi connectivity index (χ3n) is 5.30. The summed E-state index contributed by atoms with van der Waals surface area (Å²) >= 11 is 0. The van der Waals surface area contributed by atoms with E-state index < -0.39 is 0 Å². The van der Waals surface area contributed by atoms with Gasteiger partial charge in [-0.1, -0.05) is 33.6 Å².